The molecule has 0 fully saturated rings. The lowest BCUT2D eigenvalue weighted by Crippen LogP contribution is -2.18. The van der Waals surface area contributed by atoms with Crippen molar-refractivity contribution in [2.45, 2.75) is 13.1 Å². The fourth-order valence-corrected chi connectivity index (χ4v) is 1.37. The number of alkyl halides is 3. The summed E-state index contributed by atoms with van der Waals surface area (Å²) in [5.41, 5.74) is 3.97. The topological polar surface area (TPSA) is 72.2 Å². The van der Waals surface area contributed by atoms with Gasteiger partial charge in [0.2, 0.25) is 5.91 Å². The van der Waals surface area contributed by atoms with Gasteiger partial charge in [-0.3, -0.25) is 9.59 Å². The number of hydrogen-bond donors (Lipinski definition) is 2. The van der Waals surface area contributed by atoms with E-state index in [4.69, 9.17) is 5.73 Å². The van der Waals surface area contributed by atoms with Gasteiger partial charge >= 0.3 is 6.18 Å². The molecule has 0 saturated carbocycles. The first-order valence-electron chi connectivity index (χ1n) is 4.98. The summed E-state index contributed by atoms with van der Waals surface area (Å²) in [6.07, 6.45) is -4.54. The number of hydrogen-bond acceptors (Lipinski definition) is 3. The number of halogens is 3. The molecule has 98 valence electrons. The van der Waals surface area contributed by atoms with Crippen molar-refractivity contribution in [2.24, 2.45) is 5.73 Å². The highest BCUT2D eigenvalue weighted by molar-refractivity contribution is 6.05. The van der Waals surface area contributed by atoms with Crippen LogP contribution in [0.5, 0.6) is 0 Å². The summed E-state index contributed by atoms with van der Waals surface area (Å²) in [7, 11) is 0. The van der Waals surface area contributed by atoms with Gasteiger partial charge in [-0.25, -0.2) is 0 Å². The van der Waals surface area contributed by atoms with E-state index in [0.29, 0.717) is 6.07 Å². The highest BCUT2D eigenvalue weighted by Gasteiger charge is 2.31. The smallest absolute Gasteiger partial charge is 0.326 e. The second-order valence-corrected chi connectivity index (χ2v) is 3.57. The van der Waals surface area contributed by atoms with Crippen LogP contribution in [0.4, 0.5) is 18.9 Å². The van der Waals surface area contributed by atoms with Crippen LogP contribution >= 0.6 is 0 Å². The van der Waals surface area contributed by atoms with Crippen molar-refractivity contribution in [1.82, 2.24) is 0 Å². The Kier molecular flexibility index (Phi) is 4.07. The van der Waals surface area contributed by atoms with Gasteiger partial charge in [0, 0.05) is 12.5 Å². The van der Waals surface area contributed by atoms with E-state index in [1.807, 2.05) is 0 Å². The largest absolute Gasteiger partial charge is 0.416 e. The number of nitrogens with two attached hydrogens (primary N) is 1. The molecule has 0 aliphatic carbocycles. The molecule has 0 radical (unpaired) electrons. The summed E-state index contributed by atoms with van der Waals surface area (Å²) in [6, 6.07) is 2.49. The predicted octanol–water partition coefficient (Wildman–Crippen LogP) is 1.81. The van der Waals surface area contributed by atoms with Crippen molar-refractivity contribution in [3.8, 4) is 0 Å². The van der Waals surface area contributed by atoms with Crippen molar-refractivity contribution in [2.75, 3.05) is 11.9 Å². The van der Waals surface area contributed by atoms with Crippen LogP contribution in [0.15, 0.2) is 18.2 Å². The van der Waals surface area contributed by atoms with Crippen molar-refractivity contribution < 1.29 is 22.8 Å². The van der Waals surface area contributed by atoms with Crippen LogP contribution in [0, 0.1) is 0 Å². The van der Waals surface area contributed by atoms with Gasteiger partial charge in [-0.1, -0.05) is 0 Å². The second-order valence-electron chi connectivity index (χ2n) is 3.57. The number of amides is 1. The zero-order valence-electron chi connectivity index (χ0n) is 9.47. The Hall–Kier alpha value is -1.89. The average molecular weight is 260 g/mol. The van der Waals surface area contributed by atoms with Gasteiger partial charge in [0.25, 0.3) is 0 Å². The van der Waals surface area contributed by atoms with E-state index in [9.17, 15) is 22.8 Å². The Morgan fingerprint density at radius 2 is 1.94 bits per heavy atom. The van der Waals surface area contributed by atoms with Crippen LogP contribution in [0.25, 0.3) is 0 Å². The molecule has 0 unspecified atom stereocenters. The van der Waals surface area contributed by atoms with Crippen molar-refractivity contribution in [3.05, 3.63) is 29.3 Å². The third-order valence-electron chi connectivity index (χ3n) is 2.14. The van der Waals surface area contributed by atoms with Crippen LogP contribution in [0.1, 0.15) is 22.8 Å². The fourth-order valence-electron chi connectivity index (χ4n) is 1.37. The molecule has 7 heteroatoms. The van der Waals surface area contributed by atoms with E-state index in [2.05, 4.69) is 5.32 Å². The first-order valence-corrected chi connectivity index (χ1v) is 4.98. The molecule has 0 spiro atoms. The molecule has 3 N–H and O–H groups in total. The van der Waals surface area contributed by atoms with Crippen molar-refractivity contribution >= 4 is 17.4 Å². The Morgan fingerprint density at radius 1 is 1.33 bits per heavy atom. The molecular formula is C11H11F3N2O2. The first-order chi connectivity index (χ1) is 8.25. The van der Waals surface area contributed by atoms with Crippen molar-refractivity contribution in [3.63, 3.8) is 0 Å². The third-order valence-corrected chi connectivity index (χ3v) is 2.14. The number of carbonyl (C=O) groups is 2. The molecular weight excluding hydrogens is 249 g/mol. The van der Waals surface area contributed by atoms with E-state index in [1.54, 1.807) is 0 Å². The maximum Gasteiger partial charge on any atom is 0.416 e. The quantitative estimate of drug-likeness (QED) is 0.814. The van der Waals surface area contributed by atoms with Gasteiger partial charge in [-0.2, -0.15) is 13.2 Å². The highest BCUT2D eigenvalue weighted by Crippen LogP contribution is 2.32. The van der Waals surface area contributed by atoms with Gasteiger partial charge in [0.05, 0.1) is 17.8 Å². The molecule has 1 aromatic carbocycles. The minimum atomic E-state index is -4.54. The average Bonchev–Trinajstić information content (AvgIpc) is 2.26. The number of benzene rings is 1. The molecule has 1 aromatic rings. The van der Waals surface area contributed by atoms with E-state index < -0.39 is 23.4 Å². The molecule has 1 amide bonds. The molecule has 0 bridgehead atoms. The zero-order chi connectivity index (χ0) is 13.9. The van der Waals surface area contributed by atoms with E-state index in [1.165, 1.54) is 0 Å². The highest BCUT2D eigenvalue weighted by atomic mass is 19.4. The summed E-state index contributed by atoms with van der Waals surface area (Å²) in [6.45, 7) is 0.787. The summed E-state index contributed by atoms with van der Waals surface area (Å²) in [5.74, 6) is -1.12. The lowest BCUT2D eigenvalue weighted by Gasteiger charge is -2.12. The van der Waals surface area contributed by atoms with Crippen LogP contribution in [-0.2, 0) is 11.0 Å². The molecule has 4 nitrogen and oxygen atoms in total. The zero-order valence-corrected chi connectivity index (χ0v) is 9.47. The van der Waals surface area contributed by atoms with Gasteiger partial charge < -0.3 is 11.1 Å². The number of carbonyl (C=O) groups excluding carboxylic acids is 2. The standard InChI is InChI=1S/C11H11F3N2O2/c1-6(17)16-9-4-7(11(12,13)14)2-3-8(9)10(18)5-15/h2-4H,5,15H2,1H3,(H,16,17). The number of Topliss-reactive ketones (excluding diaryl/α,β-unsaturated/α-hetero) is 1. The molecule has 0 atom stereocenters. The molecule has 0 aliphatic rings. The van der Waals surface area contributed by atoms with E-state index >= 15 is 0 Å². The summed E-state index contributed by atoms with van der Waals surface area (Å²) >= 11 is 0. The van der Waals surface area contributed by atoms with Crippen LogP contribution in [0.3, 0.4) is 0 Å². The minimum absolute atomic E-state index is 0.0410. The van der Waals surface area contributed by atoms with Gasteiger partial charge in [-0.05, 0) is 18.2 Å². The lowest BCUT2D eigenvalue weighted by molar-refractivity contribution is -0.137. The summed E-state index contributed by atoms with van der Waals surface area (Å²) in [4.78, 5) is 22.3. The monoisotopic (exact) mass is 260 g/mol. The summed E-state index contributed by atoms with van der Waals surface area (Å²) < 4.78 is 37.5. The van der Waals surface area contributed by atoms with Gasteiger partial charge in [0.15, 0.2) is 5.78 Å². The van der Waals surface area contributed by atoms with Crippen LogP contribution in [0.2, 0.25) is 0 Å². The Balaban J connectivity index is 3.29. The molecule has 0 aliphatic heterocycles. The molecule has 0 heterocycles. The second kappa shape index (κ2) is 5.18. The SMILES string of the molecule is CC(=O)Nc1cc(C(F)(F)F)ccc1C(=O)CN. The molecule has 1 rings (SSSR count). The minimum Gasteiger partial charge on any atom is -0.326 e. The van der Waals surface area contributed by atoms with Gasteiger partial charge in [0.1, 0.15) is 0 Å². The van der Waals surface area contributed by atoms with Gasteiger partial charge in [-0.15, -0.1) is 0 Å². The third kappa shape index (κ3) is 3.30. The number of nitrogens with one attached hydrogen (secondary N) is 1. The predicted molar refractivity (Wildman–Crippen MR) is 59.1 cm³/mol. The van der Waals surface area contributed by atoms with E-state index in [-0.39, 0.29) is 17.8 Å². The normalized spacial score (nSPS) is 11.2. The fraction of sp³-hybridized carbons (Fsp3) is 0.273. The number of ketones is 1. The maximum atomic E-state index is 12.5. The van der Waals surface area contributed by atoms with Crippen molar-refractivity contribution in [1.29, 1.82) is 0 Å². The maximum absolute atomic E-state index is 12.5. The summed E-state index contributed by atoms with van der Waals surface area (Å²) in [5, 5.41) is 2.19. The van der Waals surface area contributed by atoms with Crippen LogP contribution < -0.4 is 11.1 Å². The molecule has 0 saturated heterocycles. The number of rotatable bonds is 3. The Morgan fingerprint density at radius 3 is 2.39 bits per heavy atom. The first kappa shape index (κ1) is 14.2. The van der Waals surface area contributed by atoms with E-state index in [0.717, 1.165) is 19.1 Å². The molecule has 0 aromatic heterocycles. The Bertz CT molecular complexity index is 484. The number of anilines is 1. The van der Waals surface area contributed by atoms with Crippen LogP contribution in [-0.4, -0.2) is 18.2 Å². The Labute approximate surface area is 101 Å². The molecule has 18 heavy (non-hydrogen) atoms. The lowest BCUT2D eigenvalue weighted by atomic mass is 10.0.